The van der Waals surface area contributed by atoms with Crippen molar-refractivity contribution in [1.29, 1.82) is 0 Å². The second-order valence-corrected chi connectivity index (χ2v) is 14.2. The van der Waals surface area contributed by atoms with Gasteiger partial charge in [-0.25, -0.2) is 4.79 Å². The third-order valence-electron chi connectivity index (χ3n) is 6.54. The predicted octanol–water partition coefficient (Wildman–Crippen LogP) is 3.88. The van der Waals surface area contributed by atoms with Gasteiger partial charge in [0.2, 0.25) is 15.6 Å². The van der Waals surface area contributed by atoms with E-state index in [-0.39, 0.29) is 12.0 Å². The molecule has 3 fully saturated rings. The lowest BCUT2D eigenvalue weighted by Crippen LogP contribution is -2.71. The molecule has 2 amide bonds. The van der Waals surface area contributed by atoms with Gasteiger partial charge in [-0.1, -0.05) is 81.1 Å². The molecule has 1 aromatic rings. The first kappa shape index (κ1) is 28.3. The number of esters is 1. The third-order valence-corrected chi connectivity index (χ3v) is 10.1. The zero-order valence-electron chi connectivity index (χ0n) is 19.6. The summed E-state index contributed by atoms with van der Waals surface area (Å²) in [4.78, 5) is 46.7. The Morgan fingerprint density at radius 1 is 1.28 bits per heavy atom. The van der Waals surface area contributed by atoms with E-state index in [0.29, 0.717) is 16.8 Å². The number of nitrogens with one attached hydrogen (secondary N) is 2. The molecule has 36 heavy (non-hydrogen) atoms. The number of amides is 2. The van der Waals surface area contributed by atoms with Gasteiger partial charge in [0.15, 0.2) is 0 Å². The van der Waals surface area contributed by atoms with E-state index in [1.54, 1.807) is 0 Å². The number of nitrogens with zero attached hydrogens (tertiary/aromatic N) is 1. The summed E-state index contributed by atoms with van der Waals surface area (Å²) >= 11 is 22.0. The molecule has 2 heterocycles. The fourth-order valence-corrected chi connectivity index (χ4v) is 6.82. The highest BCUT2D eigenvalue weighted by molar-refractivity contribution is 9.09. The topological polar surface area (TPSA) is 97.0 Å². The van der Waals surface area contributed by atoms with Gasteiger partial charge in [0.1, 0.15) is 30.1 Å². The van der Waals surface area contributed by atoms with Gasteiger partial charge in [-0.05, 0) is 38.2 Å². The zero-order chi connectivity index (χ0) is 26.3. The SMILES string of the molecule is CC(ONC(C(=O)NC1C(=O)N2C(C(=O)OCC(Cl)(Cl)Cl)C(C)(CBr)S[C@H]12)c1ccccc1)C1CC1. The standard InChI is InChI=1S/C23H27BrCl3N3O5S/c1-12(13-8-9-13)35-29-15(14-6-4-3-5-7-14)18(31)28-16-19(32)30-17(21(33)34-11-23(25,26)27)22(2,10-24)36-20(16)30/h3-7,12-13,15-17,20,29H,8-11H2,1-2H3,(H,28,31)/t12?,15?,16?,17?,20-,22?/m1/s1. The molecule has 3 aliphatic rings. The van der Waals surface area contributed by atoms with Crippen molar-refractivity contribution in [1.82, 2.24) is 15.7 Å². The molecule has 4 rings (SSSR count). The van der Waals surface area contributed by atoms with E-state index in [0.717, 1.165) is 12.8 Å². The smallest absolute Gasteiger partial charge is 0.330 e. The Morgan fingerprint density at radius 3 is 2.53 bits per heavy atom. The molecule has 0 spiro atoms. The van der Waals surface area contributed by atoms with Crippen molar-refractivity contribution in [3.05, 3.63) is 35.9 Å². The first-order valence-electron chi connectivity index (χ1n) is 11.5. The van der Waals surface area contributed by atoms with Crippen LogP contribution in [0.5, 0.6) is 0 Å². The van der Waals surface area contributed by atoms with Gasteiger partial charge < -0.3 is 15.0 Å². The van der Waals surface area contributed by atoms with E-state index in [4.69, 9.17) is 44.4 Å². The Kier molecular flexibility index (Phi) is 8.76. The lowest BCUT2D eigenvalue weighted by atomic mass is 9.95. The highest BCUT2D eigenvalue weighted by Crippen LogP contribution is 2.52. The van der Waals surface area contributed by atoms with E-state index in [9.17, 15) is 14.4 Å². The number of hydrogen-bond donors (Lipinski definition) is 2. The molecule has 2 aliphatic heterocycles. The van der Waals surface area contributed by atoms with Crippen LogP contribution in [0.15, 0.2) is 30.3 Å². The van der Waals surface area contributed by atoms with Gasteiger partial charge >= 0.3 is 5.97 Å². The lowest BCUT2D eigenvalue weighted by Gasteiger charge is -2.44. The van der Waals surface area contributed by atoms with Crippen molar-refractivity contribution in [2.24, 2.45) is 5.92 Å². The average Bonchev–Trinajstić information content (AvgIpc) is 3.65. The normalized spacial score (nSPS) is 29.2. The predicted molar refractivity (Wildman–Crippen MR) is 143 cm³/mol. The zero-order valence-corrected chi connectivity index (χ0v) is 24.3. The molecular weight excluding hydrogens is 617 g/mol. The number of carbonyl (C=O) groups is 3. The summed E-state index contributed by atoms with van der Waals surface area (Å²) < 4.78 is 2.73. The van der Waals surface area contributed by atoms with Crippen molar-refractivity contribution < 1.29 is 24.0 Å². The van der Waals surface area contributed by atoms with Gasteiger partial charge in [0, 0.05) is 5.33 Å². The number of carbonyl (C=O) groups excluding carboxylic acids is 3. The Bertz CT molecular complexity index is 999. The summed E-state index contributed by atoms with van der Waals surface area (Å²) in [6.45, 7) is 3.38. The summed E-state index contributed by atoms with van der Waals surface area (Å²) in [5.41, 5.74) is 3.61. The number of thioether (sulfide) groups is 1. The molecule has 198 valence electrons. The van der Waals surface area contributed by atoms with E-state index in [2.05, 4.69) is 26.7 Å². The number of rotatable bonds is 10. The molecule has 0 bridgehead atoms. The second kappa shape index (κ2) is 11.2. The molecule has 13 heteroatoms. The van der Waals surface area contributed by atoms with Crippen molar-refractivity contribution >= 4 is 80.3 Å². The summed E-state index contributed by atoms with van der Waals surface area (Å²) in [6.07, 6.45) is 2.18. The first-order chi connectivity index (χ1) is 16.9. The summed E-state index contributed by atoms with van der Waals surface area (Å²) in [5.74, 6) is -0.956. The molecule has 5 unspecified atom stereocenters. The van der Waals surface area contributed by atoms with Crippen LogP contribution < -0.4 is 10.8 Å². The number of fused-ring (bicyclic) bond motifs is 1. The monoisotopic (exact) mass is 641 g/mol. The number of alkyl halides is 4. The van der Waals surface area contributed by atoms with Gasteiger partial charge in [-0.3, -0.25) is 14.4 Å². The van der Waals surface area contributed by atoms with E-state index in [1.807, 2.05) is 44.2 Å². The molecule has 1 aliphatic carbocycles. The Hall–Kier alpha value is -0.750. The minimum Gasteiger partial charge on any atom is -0.460 e. The van der Waals surface area contributed by atoms with E-state index >= 15 is 0 Å². The number of β-lactam (4-membered cyclic amide) rings is 1. The molecule has 0 radical (unpaired) electrons. The van der Waals surface area contributed by atoms with E-state index < -0.39 is 50.5 Å². The molecule has 1 aromatic carbocycles. The Balaban J connectivity index is 1.46. The number of ether oxygens (including phenoxy) is 1. The maximum Gasteiger partial charge on any atom is 0.330 e. The van der Waals surface area contributed by atoms with Crippen LogP contribution in [-0.2, 0) is 24.0 Å². The number of halogens is 4. The quantitative estimate of drug-likeness (QED) is 0.173. The van der Waals surface area contributed by atoms with Crippen molar-refractivity contribution in [2.75, 3.05) is 11.9 Å². The van der Waals surface area contributed by atoms with Crippen LogP contribution in [0.2, 0.25) is 0 Å². The van der Waals surface area contributed by atoms with Crippen molar-refractivity contribution in [2.45, 2.75) is 64.8 Å². The number of hydroxylamine groups is 1. The van der Waals surface area contributed by atoms with Crippen LogP contribution >= 0.6 is 62.5 Å². The molecule has 1 saturated carbocycles. The Morgan fingerprint density at radius 2 is 1.94 bits per heavy atom. The van der Waals surface area contributed by atoms with Crippen LogP contribution in [-0.4, -0.2) is 66.7 Å². The molecule has 8 nitrogen and oxygen atoms in total. The maximum absolute atomic E-state index is 13.4. The minimum atomic E-state index is -1.76. The van der Waals surface area contributed by atoms with Crippen molar-refractivity contribution in [3.8, 4) is 0 Å². The molecule has 0 aromatic heterocycles. The first-order valence-corrected chi connectivity index (χ1v) is 14.6. The summed E-state index contributed by atoms with van der Waals surface area (Å²) in [5, 5.41) is 2.81. The van der Waals surface area contributed by atoms with Gasteiger partial charge in [-0.15, -0.1) is 11.8 Å². The van der Waals surface area contributed by atoms with Crippen molar-refractivity contribution in [3.63, 3.8) is 0 Å². The Labute approximate surface area is 237 Å². The van der Waals surface area contributed by atoms with Crippen LogP contribution in [0.3, 0.4) is 0 Å². The van der Waals surface area contributed by atoms with Gasteiger partial charge in [0.25, 0.3) is 0 Å². The summed E-state index contributed by atoms with van der Waals surface area (Å²) in [7, 11) is 0. The highest BCUT2D eigenvalue weighted by Gasteiger charge is 2.66. The number of benzene rings is 1. The maximum atomic E-state index is 13.4. The number of hydrogen-bond acceptors (Lipinski definition) is 7. The van der Waals surface area contributed by atoms with E-state index in [1.165, 1.54) is 16.7 Å². The van der Waals surface area contributed by atoms with Gasteiger partial charge in [-0.2, -0.15) is 5.48 Å². The fraction of sp³-hybridized carbons (Fsp3) is 0.609. The van der Waals surface area contributed by atoms with Crippen LogP contribution in [0, 0.1) is 5.92 Å². The van der Waals surface area contributed by atoms with Gasteiger partial charge in [0.05, 0.1) is 10.9 Å². The van der Waals surface area contributed by atoms with Crippen LogP contribution in [0.1, 0.15) is 38.3 Å². The highest BCUT2D eigenvalue weighted by atomic mass is 79.9. The third kappa shape index (κ3) is 6.11. The average molecular weight is 644 g/mol. The fourth-order valence-electron chi connectivity index (χ4n) is 4.34. The second-order valence-electron chi connectivity index (χ2n) is 9.43. The summed E-state index contributed by atoms with van der Waals surface area (Å²) in [6, 6.07) is 6.65. The largest absolute Gasteiger partial charge is 0.460 e. The molecule has 2 N–H and O–H groups in total. The molecule has 2 saturated heterocycles. The molecule has 6 atom stereocenters. The van der Waals surface area contributed by atoms with Crippen LogP contribution in [0.25, 0.3) is 0 Å². The molecular formula is C23H27BrCl3N3O5S. The van der Waals surface area contributed by atoms with Crippen LogP contribution in [0.4, 0.5) is 0 Å². The minimum absolute atomic E-state index is 0.0330. The lowest BCUT2D eigenvalue weighted by molar-refractivity contribution is -0.164.